The topological polar surface area (TPSA) is 49.4 Å². The number of hydrogen-bond donors (Lipinski definition) is 1. The van der Waals surface area contributed by atoms with Crippen LogP contribution in [0.3, 0.4) is 0 Å². The molecule has 1 aromatic rings. The van der Waals surface area contributed by atoms with Crippen molar-refractivity contribution in [1.29, 1.82) is 0 Å². The minimum absolute atomic E-state index is 0.0299. The summed E-state index contributed by atoms with van der Waals surface area (Å²) in [6, 6.07) is 7.19. The fourth-order valence-corrected chi connectivity index (χ4v) is 2.44. The van der Waals surface area contributed by atoms with Crippen LogP contribution in [0.4, 0.5) is 5.69 Å². The van der Waals surface area contributed by atoms with E-state index in [4.69, 9.17) is 0 Å². The van der Waals surface area contributed by atoms with Gasteiger partial charge in [0.15, 0.2) is 0 Å². The van der Waals surface area contributed by atoms with Crippen LogP contribution in [0.25, 0.3) is 0 Å². The van der Waals surface area contributed by atoms with Gasteiger partial charge < -0.3 is 10.2 Å². The minimum atomic E-state index is 0.0299. The maximum absolute atomic E-state index is 12.2. The second-order valence-corrected chi connectivity index (χ2v) is 6.06. The molecule has 1 aliphatic rings. The molecule has 4 nitrogen and oxygen atoms in total. The Morgan fingerprint density at radius 3 is 2.33 bits per heavy atom. The molecule has 0 unspecified atom stereocenters. The molecule has 2 rings (SSSR count). The van der Waals surface area contributed by atoms with Crippen LogP contribution in [0.5, 0.6) is 0 Å². The molecule has 1 fully saturated rings. The first-order chi connectivity index (χ1) is 10.1. The average Bonchev–Trinajstić information content (AvgIpc) is 2.99. The van der Waals surface area contributed by atoms with Gasteiger partial charge in [0.2, 0.25) is 5.91 Å². The fourth-order valence-electron chi connectivity index (χ4n) is 2.44. The van der Waals surface area contributed by atoms with Crippen molar-refractivity contribution in [2.24, 2.45) is 5.92 Å². The van der Waals surface area contributed by atoms with Gasteiger partial charge in [-0.25, -0.2) is 0 Å². The van der Waals surface area contributed by atoms with Crippen LogP contribution in [0.2, 0.25) is 0 Å². The highest BCUT2D eigenvalue weighted by atomic mass is 16.2. The molecule has 4 heteroatoms. The summed E-state index contributed by atoms with van der Waals surface area (Å²) < 4.78 is 0. The number of carbonyl (C=O) groups is 2. The van der Waals surface area contributed by atoms with E-state index in [0.717, 1.165) is 38.0 Å². The highest BCUT2D eigenvalue weighted by Crippen LogP contribution is 2.16. The molecule has 0 aromatic heterocycles. The summed E-state index contributed by atoms with van der Waals surface area (Å²) in [5, 5.41) is 2.87. The standard InChI is InChI=1S/C17H24N2O2/c1-13(2)5-10-16(20)18-15-8-6-14(7-9-15)17(21)19-11-3-4-12-19/h6-9,13H,3-5,10-12H2,1-2H3,(H,18,20). The van der Waals surface area contributed by atoms with Crippen molar-refractivity contribution in [3.05, 3.63) is 29.8 Å². The SMILES string of the molecule is CC(C)CCC(=O)Nc1ccc(C(=O)N2CCCC2)cc1. The molecule has 1 heterocycles. The molecule has 0 bridgehead atoms. The van der Waals surface area contributed by atoms with Crippen LogP contribution in [-0.4, -0.2) is 29.8 Å². The van der Waals surface area contributed by atoms with Gasteiger partial charge in [-0.1, -0.05) is 13.8 Å². The van der Waals surface area contributed by atoms with Crippen molar-refractivity contribution in [3.8, 4) is 0 Å². The Morgan fingerprint density at radius 1 is 1.14 bits per heavy atom. The molecule has 0 saturated carbocycles. The Labute approximate surface area is 126 Å². The zero-order chi connectivity index (χ0) is 15.2. The summed E-state index contributed by atoms with van der Waals surface area (Å²) in [5.74, 6) is 0.642. The molecule has 0 aliphatic carbocycles. The third-order valence-corrected chi connectivity index (χ3v) is 3.76. The van der Waals surface area contributed by atoms with Crippen molar-refractivity contribution >= 4 is 17.5 Å². The highest BCUT2D eigenvalue weighted by molar-refractivity contribution is 5.96. The van der Waals surface area contributed by atoms with Gasteiger partial charge in [0.05, 0.1) is 0 Å². The third-order valence-electron chi connectivity index (χ3n) is 3.76. The molecule has 2 amide bonds. The van der Waals surface area contributed by atoms with Gasteiger partial charge in [-0.05, 0) is 49.4 Å². The molecule has 1 saturated heterocycles. The van der Waals surface area contributed by atoms with Crippen molar-refractivity contribution in [1.82, 2.24) is 4.90 Å². The molecule has 1 aliphatic heterocycles. The number of carbonyl (C=O) groups excluding carboxylic acids is 2. The lowest BCUT2D eigenvalue weighted by Gasteiger charge is -2.15. The summed E-state index contributed by atoms with van der Waals surface area (Å²) in [7, 11) is 0. The van der Waals surface area contributed by atoms with Crippen molar-refractivity contribution in [2.75, 3.05) is 18.4 Å². The summed E-state index contributed by atoms with van der Waals surface area (Å²) in [6.07, 6.45) is 3.61. The third kappa shape index (κ3) is 4.59. The predicted octanol–water partition coefficient (Wildman–Crippen LogP) is 3.30. The van der Waals surface area contributed by atoms with E-state index in [1.54, 1.807) is 24.3 Å². The molecule has 0 radical (unpaired) electrons. The fraction of sp³-hybridized carbons (Fsp3) is 0.529. The van der Waals surface area contributed by atoms with Crippen LogP contribution in [0.1, 0.15) is 49.9 Å². The molecule has 0 spiro atoms. The van der Waals surface area contributed by atoms with Crippen LogP contribution in [0.15, 0.2) is 24.3 Å². The molecule has 0 atom stereocenters. The van der Waals surface area contributed by atoms with Crippen LogP contribution >= 0.6 is 0 Å². The summed E-state index contributed by atoms with van der Waals surface area (Å²) in [5.41, 5.74) is 1.44. The number of benzene rings is 1. The summed E-state index contributed by atoms with van der Waals surface area (Å²) in [6.45, 7) is 5.91. The Morgan fingerprint density at radius 2 is 1.76 bits per heavy atom. The normalized spacial score (nSPS) is 14.5. The van der Waals surface area contributed by atoms with E-state index in [0.29, 0.717) is 17.9 Å². The van der Waals surface area contributed by atoms with E-state index >= 15 is 0 Å². The first kappa shape index (κ1) is 15.5. The van der Waals surface area contributed by atoms with E-state index < -0.39 is 0 Å². The van der Waals surface area contributed by atoms with E-state index in [1.165, 1.54) is 0 Å². The number of anilines is 1. The number of nitrogens with one attached hydrogen (secondary N) is 1. The Bertz CT molecular complexity index is 488. The molecule has 1 aromatic carbocycles. The number of hydrogen-bond acceptors (Lipinski definition) is 2. The zero-order valence-electron chi connectivity index (χ0n) is 12.9. The van der Waals surface area contributed by atoms with Gasteiger partial charge in [0.1, 0.15) is 0 Å². The monoisotopic (exact) mass is 288 g/mol. The number of rotatable bonds is 5. The first-order valence-corrected chi connectivity index (χ1v) is 7.75. The van der Waals surface area contributed by atoms with Crippen LogP contribution in [-0.2, 0) is 4.79 Å². The van der Waals surface area contributed by atoms with E-state index in [2.05, 4.69) is 19.2 Å². The molecule has 1 N–H and O–H groups in total. The van der Waals surface area contributed by atoms with E-state index in [1.807, 2.05) is 4.90 Å². The highest BCUT2D eigenvalue weighted by Gasteiger charge is 2.19. The second kappa shape index (κ2) is 7.25. The van der Waals surface area contributed by atoms with Crippen molar-refractivity contribution in [2.45, 2.75) is 39.5 Å². The average molecular weight is 288 g/mol. The van der Waals surface area contributed by atoms with Gasteiger partial charge in [-0.2, -0.15) is 0 Å². The van der Waals surface area contributed by atoms with Crippen molar-refractivity contribution < 1.29 is 9.59 Å². The van der Waals surface area contributed by atoms with Gasteiger partial charge >= 0.3 is 0 Å². The minimum Gasteiger partial charge on any atom is -0.339 e. The quantitative estimate of drug-likeness (QED) is 0.903. The lowest BCUT2D eigenvalue weighted by molar-refractivity contribution is -0.116. The van der Waals surface area contributed by atoms with Crippen molar-refractivity contribution in [3.63, 3.8) is 0 Å². The van der Waals surface area contributed by atoms with Gasteiger partial charge in [0, 0.05) is 30.8 Å². The smallest absolute Gasteiger partial charge is 0.253 e. The number of likely N-dealkylation sites (tertiary alicyclic amines) is 1. The van der Waals surface area contributed by atoms with Gasteiger partial charge in [0.25, 0.3) is 5.91 Å². The zero-order valence-corrected chi connectivity index (χ0v) is 12.9. The van der Waals surface area contributed by atoms with Crippen LogP contribution < -0.4 is 5.32 Å². The second-order valence-electron chi connectivity index (χ2n) is 6.06. The summed E-state index contributed by atoms with van der Waals surface area (Å²) >= 11 is 0. The largest absolute Gasteiger partial charge is 0.339 e. The first-order valence-electron chi connectivity index (χ1n) is 7.75. The predicted molar refractivity (Wildman–Crippen MR) is 84.3 cm³/mol. The molecular weight excluding hydrogens is 264 g/mol. The lowest BCUT2D eigenvalue weighted by Crippen LogP contribution is -2.27. The number of nitrogens with zero attached hydrogens (tertiary/aromatic N) is 1. The van der Waals surface area contributed by atoms with E-state index in [9.17, 15) is 9.59 Å². The summed E-state index contributed by atoms with van der Waals surface area (Å²) in [4.78, 5) is 25.8. The Hall–Kier alpha value is -1.84. The lowest BCUT2D eigenvalue weighted by atomic mass is 10.1. The van der Waals surface area contributed by atoms with Crippen LogP contribution in [0, 0.1) is 5.92 Å². The maximum Gasteiger partial charge on any atom is 0.253 e. The van der Waals surface area contributed by atoms with Gasteiger partial charge in [-0.3, -0.25) is 9.59 Å². The van der Waals surface area contributed by atoms with E-state index in [-0.39, 0.29) is 11.8 Å². The van der Waals surface area contributed by atoms with Gasteiger partial charge in [-0.15, -0.1) is 0 Å². The Kier molecular flexibility index (Phi) is 5.37. The molecule has 114 valence electrons. The Balaban J connectivity index is 1.89. The number of amides is 2. The molecule has 21 heavy (non-hydrogen) atoms. The molecular formula is C17H24N2O2. The maximum atomic E-state index is 12.2.